The van der Waals surface area contributed by atoms with E-state index in [1.54, 1.807) is 18.0 Å². The Labute approximate surface area is 183 Å². The summed E-state index contributed by atoms with van der Waals surface area (Å²) in [7, 11) is 0. The fraction of sp³-hybridized carbons (Fsp3) is 0.217. The van der Waals surface area contributed by atoms with Crippen molar-refractivity contribution in [3.63, 3.8) is 0 Å². The molecule has 150 valence electrons. The Morgan fingerprint density at radius 3 is 2.69 bits per heavy atom. The van der Waals surface area contributed by atoms with Crippen LogP contribution in [0.5, 0.6) is 0 Å². The van der Waals surface area contributed by atoms with Gasteiger partial charge in [-0.2, -0.15) is 5.26 Å². The van der Waals surface area contributed by atoms with Crippen LogP contribution in [0.25, 0.3) is 4.91 Å². The van der Waals surface area contributed by atoms with Crippen molar-refractivity contribution in [2.75, 3.05) is 11.1 Å². The maximum absolute atomic E-state index is 9.56. The Balaban J connectivity index is 2.02. The lowest BCUT2D eigenvalue weighted by atomic mass is 10.1. The Morgan fingerprint density at radius 1 is 1.28 bits per heavy atom. The molecular weight excluding hydrogens is 396 g/mol. The molecule has 0 atom stereocenters. The van der Waals surface area contributed by atoms with Crippen LogP contribution in [0.1, 0.15) is 31.5 Å². The van der Waals surface area contributed by atoms with Gasteiger partial charge in [0.2, 0.25) is 0 Å². The van der Waals surface area contributed by atoms with Crippen molar-refractivity contribution in [1.29, 1.82) is 5.26 Å². The summed E-state index contributed by atoms with van der Waals surface area (Å²) in [5.41, 5.74) is 10.0. The molecule has 2 aromatic rings. The highest BCUT2D eigenvalue weighted by molar-refractivity contribution is 8.08. The summed E-state index contributed by atoms with van der Waals surface area (Å²) in [6.07, 6.45) is 7.35. The van der Waals surface area contributed by atoms with Gasteiger partial charge in [0.25, 0.3) is 0 Å². The number of thioether (sulfide) groups is 1. The maximum atomic E-state index is 9.56. The molecule has 29 heavy (non-hydrogen) atoms. The molecule has 0 saturated carbocycles. The largest absolute Gasteiger partial charge is 0.398 e. The Kier molecular flexibility index (Phi) is 9.42. The van der Waals surface area contributed by atoms with E-state index in [4.69, 9.17) is 5.73 Å². The number of aryl methyl sites for hydroxylation is 1. The first kappa shape index (κ1) is 22.7. The summed E-state index contributed by atoms with van der Waals surface area (Å²) >= 11 is 6.20. The first-order valence-electron chi connectivity index (χ1n) is 9.45. The SMILES string of the molecule is C/C=C(\SCC/C=C(N)/C(C#N)=C(\S)Nc1ccccc1CC)c1ccccn1. The van der Waals surface area contributed by atoms with Crippen molar-refractivity contribution in [2.24, 2.45) is 5.73 Å². The van der Waals surface area contributed by atoms with Crippen LogP contribution in [0.4, 0.5) is 5.69 Å². The third-order valence-corrected chi connectivity index (χ3v) is 5.74. The van der Waals surface area contributed by atoms with Gasteiger partial charge in [-0.1, -0.05) is 43.3 Å². The monoisotopic (exact) mass is 422 g/mol. The maximum Gasteiger partial charge on any atom is 0.104 e. The molecule has 0 aliphatic heterocycles. The number of rotatable bonds is 9. The summed E-state index contributed by atoms with van der Waals surface area (Å²) < 4.78 is 0. The van der Waals surface area contributed by atoms with Crippen LogP contribution < -0.4 is 11.1 Å². The van der Waals surface area contributed by atoms with Crippen LogP contribution in [0.2, 0.25) is 0 Å². The highest BCUT2D eigenvalue weighted by Gasteiger charge is 2.09. The minimum absolute atomic E-state index is 0.347. The molecule has 0 aliphatic rings. The lowest BCUT2D eigenvalue weighted by Gasteiger charge is -2.12. The van der Waals surface area contributed by atoms with E-state index in [1.807, 2.05) is 55.5 Å². The average Bonchev–Trinajstić information content (AvgIpc) is 2.75. The molecule has 1 aromatic heterocycles. The standard InChI is InChI=1S/C23H26N4S2/c1-3-17-10-5-6-12-20(17)27-23(28)18(16-24)19(25)11-9-15-29-22(4-2)21-13-7-8-14-26-21/h4-8,10-14,27-28H,3,9,15,25H2,1-2H3/b19-11-,22-4-,23-18-. The minimum Gasteiger partial charge on any atom is -0.398 e. The molecule has 1 heterocycles. The topological polar surface area (TPSA) is 74.7 Å². The van der Waals surface area contributed by atoms with Crippen molar-refractivity contribution in [1.82, 2.24) is 4.98 Å². The zero-order valence-electron chi connectivity index (χ0n) is 16.7. The highest BCUT2D eigenvalue weighted by Crippen LogP contribution is 2.27. The first-order chi connectivity index (χ1) is 14.1. The molecule has 0 spiro atoms. The molecule has 0 fully saturated rings. The molecule has 1 aromatic carbocycles. The smallest absolute Gasteiger partial charge is 0.104 e. The van der Waals surface area contributed by atoms with E-state index in [2.05, 4.69) is 42.0 Å². The number of nitrogens with one attached hydrogen (secondary N) is 1. The Bertz CT molecular complexity index is 941. The van der Waals surface area contributed by atoms with Crippen LogP contribution in [0, 0.1) is 11.3 Å². The molecule has 4 nitrogen and oxygen atoms in total. The number of allylic oxidation sites excluding steroid dienone is 3. The van der Waals surface area contributed by atoms with Crippen LogP contribution in [0.3, 0.4) is 0 Å². The van der Waals surface area contributed by atoms with Gasteiger partial charge >= 0.3 is 0 Å². The third-order valence-electron chi connectivity index (χ3n) is 4.21. The normalized spacial score (nSPS) is 12.9. The fourth-order valence-electron chi connectivity index (χ4n) is 2.69. The van der Waals surface area contributed by atoms with Crippen LogP contribution in [-0.4, -0.2) is 10.7 Å². The summed E-state index contributed by atoms with van der Waals surface area (Å²) in [5.74, 6) is 0.837. The fourth-order valence-corrected chi connectivity index (χ4v) is 3.88. The quantitative estimate of drug-likeness (QED) is 0.208. The van der Waals surface area contributed by atoms with Gasteiger partial charge in [0.1, 0.15) is 11.6 Å². The van der Waals surface area contributed by atoms with Gasteiger partial charge in [-0.05, 0) is 43.5 Å². The van der Waals surface area contributed by atoms with E-state index in [9.17, 15) is 5.26 Å². The second-order valence-electron chi connectivity index (χ2n) is 6.14. The van der Waals surface area contributed by atoms with Gasteiger partial charge in [0, 0.05) is 28.2 Å². The second-order valence-corrected chi connectivity index (χ2v) is 7.72. The number of para-hydroxylation sites is 1. The average molecular weight is 423 g/mol. The number of nitrogens with two attached hydrogens (primary N) is 1. The van der Waals surface area contributed by atoms with Gasteiger partial charge < -0.3 is 11.1 Å². The number of aromatic nitrogens is 1. The van der Waals surface area contributed by atoms with Gasteiger partial charge in [0.15, 0.2) is 0 Å². The van der Waals surface area contributed by atoms with Crippen LogP contribution in [0.15, 0.2) is 77.1 Å². The molecule has 6 heteroatoms. The molecule has 3 N–H and O–H groups in total. The summed E-state index contributed by atoms with van der Waals surface area (Å²) in [4.78, 5) is 5.51. The molecule has 2 rings (SSSR count). The van der Waals surface area contributed by atoms with Crippen LogP contribution >= 0.6 is 24.4 Å². The number of hydrogen-bond acceptors (Lipinski definition) is 6. The zero-order chi connectivity index (χ0) is 21.1. The molecule has 0 amide bonds. The lowest BCUT2D eigenvalue weighted by Crippen LogP contribution is -2.07. The molecule has 0 bridgehead atoms. The third kappa shape index (κ3) is 6.74. The number of benzene rings is 1. The number of pyridine rings is 1. The summed E-state index contributed by atoms with van der Waals surface area (Å²) in [5, 5.41) is 13.2. The lowest BCUT2D eigenvalue weighted by molar-refractivity contribution is 1.14. The van der Waals surface area contributed by atoms with Crippen molar-refractivity contribution in [3.05, 3.63) is 88.4 Å². The predicted molar refractivity (Wildman–Crippen MR) is 128 cm³/mol. The first-order valence-corrected chi connectivity index (χ1v) is 10.9. The second kappa shape index (κ2) is 12.1. The van der Waals surface area contributed by atoms with Crippen molar-refractivity contribution < 1.29 is 0 Å². The van der Waals surface area contributed by atoms with Gasteiger partial charge in [0.05, 0.1) is 10.7 Å². The highest BCUT2D eigenvalue weighted by atomic mass is 32.2. The zero-order valence-corrected chi connectivity index (χ0v) is 18.4. The number of hydrogen-bond donors (Lipinski definition) is 3. The van der Waals surface area contributed by atoms with E-state index in [0.717, 1.165) is 40.4 Å². The van der Waals surface area contributed by atoms with E-state index >= 15 is 0 Å². The number of nitriles is 1. The van der Waals surface area contributed by atoms with Crippen LogP contribution in [-0.2, 0) is 6.42 Å². The van der Waals surface area contributed by atoms with Crippen molar-refractivity contribution in [2.45, 2.75) is 26.7 Å². The van der Waals surface area contributed by atoms with E-state index in [0.29, 0.717) is 16.3 Å². The Hall–Kier alpha value is -2.62. The van der Waals surface area contributed by atoms with Gasteiger partial charge in [-0.25, -0.2) is 0 Å². The number of thiol groups is 1. The molecular formula is C23H26N4S2. The van der Waals surface area contributed by atoms with E-state index in [1.165, 1.54) is 0 Å². The van der Waals surface area contributed by atoms with Crippen molar-refractivity contribution >= 4 is 35.0 Å². The molecule has 0 aliphatic carbocycles. The molecule has 0 saturated heterocycles. The Morgan fingerprint density at radius 2 is 2.03 bits per heavy atom. The number of anilines is 1. The van der Waals surface area contributed by atoms with E-state index in [-0.39, 0.29) is 0 Å². The van der Waals surface area contributed by atoms with Gasteiger partial charge in [-0.15, -0.1) is 24.4 Å². The summed E-state index contributed by atoms with van der Waals surface area (Å²) in [6, 6.07) is 16.0. The predicted octanol–water partition coefficient (Wildman–Crippen LogP) is 5.75. The van der Waals surface area contributed by atoms with Crippen molar-refractivity contribution in [3.8, 4) is 6.07 Å². The summed E-state index contributed by atoms with van der Waals surface area (Å²) in [6.45, 7) is 4.09. The van der Waals surface area contributed by atoms with Gasteiger partial charge in [-0.3, -0.25) is 4.98 Å². The molecule has 0 radical (unpaired) electrons. The minimum atomic E-state index is 0.347. The molecule has 0 unspecified atom stereocenters. The number of nitrogens with zero attached hydrogens (tertiary/aromatic N) is 2. The van der Waals surface area contributed by atoms with E-state index < -0.39 is 0 Å².